The Hall–Kier alpha value is -0.580. The third kappa shape index (κ3) is 3.50. The summed E-state index contributed by atoms with van der Waals surface area (Å²) in [5.41, 5.74) is 2.83. The normalized spacial score (nSPS) is 20.8. The Kier molecular flexibility index (Phi) is 4.10. The molecule has 1 aromatic rings. The van der Waals surface area contributed by atoms with Gasteiger partial charge < -0.3 is 15.1 Å². The van der Waals surface area contributed by atoms with E-state index in [0.29, 0.717) is 0 Å². The van der Waals surface area contributed by atoms with Gasteiger partial charge in [-0.2, -0.15) is 0 Å². The molecule has 0 radical (unpaired) electrons. The highest BCUT2D eigenvalue weighted by Gasteiger charge is 2.22. The van der Waals surface area contributed by atoms with E-state index in [1.54, 1.807) is 0 Å². The molecule has 2 aliphatic rings. The predicted octanol–water partition coefficient (Wildman–Crippen LogP) is 2.45. The molecular weight excluding hydrogens is 302 g/mol. The van der Waals surface area contributed by atoms with E-state index >= 15 is 0 Å². The maximum atomic E-state index is 3.63. The van der Waals surface area contributed by atoms with Crippen molar-refractivity contribution in [2.24, 2.45) is 0 Å². The van der Waals surface area contributed by atoms with E-state index in [2.05, 4.69) is 56.3 Å². The fraction of sp³-hybridized carbons (Fsp3) is 0.600. The van der Waals surface area contributed by atoms with E-state index in [4.69, 9.17) is 0 Å². The molecular formula is C15H22BrN3. The third-order valence-electron chi connectivity index (χ3n) is 4.04. The predicted molar refractivity (Wildman–Crippen MR) is 83.7 cm³/mol. The summed E-state index contributed by atoms with van der Waals surface area (Å²) in [7, 11) is 2.20. The van der Waals surface area contributed by atoms with Crippen LogP contribution in [0.15, 0.2) is 22.7 Å². The summed E-state index contributed by atoms with van der Waals surface area (Å²) in [6.07, 6.45) is 2.69. The monoisotopic (exact) mass is 323 g/mol. The molecule has 1 heterocycles. The summed E-state index contributed by atoms with van der Waals surface area (Å²) < 4.78 is 1.18. The summed E-state index contributed by atoms with van der Waals surface area (Å²) in [5.74, 6) is 0. The Labute approximate surface area is 124 Å². The molecule has 3 rings (SSSR count). The second-order valence-corrected chi connectivity index (χ2v) is 6.63. The van der Waals surface area contributed by atoms with E-state index in [1.807, 2.05) is 0 Å². The van der Waals surface area contributed by atoms with Crippen LogP contribution in [0.4, 0.5) is 5.69 Å². The van der Waals surface area contributed by atoms with Crippen LogP contribution in [0.25, 0.3) is 0 Å². The lowest BCUT2D eigenvalue weighted by Crippen LogP contribution is -2.45. The van der Waals surface area contributed by atoms with Gasteiger partial charge in [-0.3, -0.25) is 0 Å². The van der Waals surface area contributed by atoms with Crippen molar-refractivity contribution in [1.82, 2.24) is 10.2 Å². The summed E-state index contributed by atoms with van der Waals surface area (Å²) >= 11 is 3.60. The summed E-state index contributed by atoms with van der Waals surface area (Å²) in [5, 5.41) is 3.63. The molecule has 1 aromatic carbocycles. The smallest absolute Gasteiger partial charge is 0.0413 e. The average Bonchev–Trinajstić information content (AvgIpc) is 3.22. The number of halogens is 1. The van der Waals surface area contributed by atoms with Crippen LogP contribution in [-0.4, -0.2) is 44.2 Å². The third-order valence-corrected chi connectivity index (χ3v) is 4.54. The molecule has 0 spiro atoms. The minimum atomic E-state index is 0.763. The molecule has 0 bridgehead atoms. The lowest BCUT2D eigenvalue weighted by Gasteiger charge is -2.35. The van der Waals surface area contributed by atoms with E-state index in [-0.39, 0.29) is 0 Å². The van der Waals surface area contributed by atoms with Crippen LogP contribution >= 0.6 is 15.9 Å². The molecule has 19 heavy (non-hydrogen) atoms. The van der Waals surface area contributed by atoms with Crippen molar-refractivity contribution in [3.8, 4) is 0 Å². The zero-order valence-electron chi connectivity index (χ0n) is 11.5. The highest BCUT2D eigenvalue weighted by molar-refractivity contribution is 9.10. The maximum Gasteiger partial charge on any atom is 0.0413 e. The molecule has 104 valence electrons. The van der Waals surface area contributed by atoms with Crippen LogP contribution in [0, 0.1) is 0 Å². The molecule has 0 atom stereocenters. The molecule has 0 aromatic heterocycles. The number of rotatable bonds is 4. The number of likely N-dealkylation sites (N-methyl/N-ethyl adjacent to an activating group) is 1. The van der Waals surface area contributed by atoms with Crippen molar-refractivity contribution in [1.29, 1.82) is 0 Å². The molecule has 1 aliphatic carbocycles. The van der Waals surface area contributed by atoms with Gasteiger partial charge in [0.15, 0.2) is 0 Å². The standard InChI is InChI=1S/C15H22BrN3/c1-18-6-8-19(9-7-18)15-5-2-13(16)10-12(15)11-17-14-3-4-14/h2,5,10,14,17H,3-4,6-9,11H2,1H3. The molecule has 4 heteroatoms. The number of benzene rings is 1. The molecule has 1 N–H and O–H groups in total. The SMILES string of the molecule is CN1CCN(c2ccc(Br)cc2CNC2CC2)CC1. The number of hydrogen-bond donors (Lipinski definition) is 1. The van der Waals surface area contributed by atoms with Gasteiger partial charge >= 0.3 is 0 Å². The van der Waals surface area contributed by atoms with Crippen molar-refractivity contribution in [2.45, 2.75) is 25.4 Å². The van der Waals surface area contributed by atoms with Crippen molar-refractivity contribution in [3.63, 3.8) is 0 Å². The number of piperazine rings is 1. The van der Waals surface area contributed by atoms with Gasteiger partial charge in [0.1, 0.15) is 0 Å². The molecule has 0 amide bonds. The first-order chi connectivity index (χ1) is 9.22. The van der Waals surface area contributed by atoms with Gasteiger partial charge in [0, 0.05) is 48.9 Å². The second-order valence-electron chi connectivity index (χ2n) is 5.72. The lowest BCUT2D eigenvalue weighted by atomic mass is 10.1. The first kappa shape index (κ1) is 13.4. The van der Waals surface area contributed by atoms with Crippen LogP contribution in [0.3, 0.4) is 0 Å². The second kappa shape index (κ2) is 5.81. The number of hydrogen-bond acceptors (Lipinski definition) is 3. The number of anilines is 1. The summed E-state index contributed by atoms with van der Waals surface area (Å²) in [6.45, 7) is 5.58. The van der Waals surface area contributed by atoms with Crippen LogP contribution < -0.4 is 10.2 Å². The topological polar surface area (TPSA) is 18.5 Å². The summed E-state index contributed by atoms with van der Waals surface area (Å²) in [6, 6.07) is 7.45. The van der Waals surface area contributed by atoms with E-state index in [1.165, 1.54) is 28.6 Å². The van der Waals surface area contributed by atoms with Gasteiger partial charge in [-0.05, 0) is 43.7 Å². The number of nitrogens with zero attached hydrogens (tertiary/aromatic N) is 2. The molecule has 0 unspecified atom stereocenters. The molecule has 1 saturated carbocycles. The van der Waals surface area contributed by atoms with E-state index in [9.17, 15) is 0 Å². The van der Waals surface area contributed by atoms with Crippen molar-refractivity contribution >= 4 is 21.6 Å². The lowest BCUT2D eigenvalue weighted by molar-refractivity contribution is 0.312. The molecule has 2 fully saturated rings. The van der Waals surface area contributed by atoms with Crippen LogP contribution in [-0.2, 0) is 6.54 Å². The fourth-order valence-electron chi connectivity index (χ4n) is 2.59. The highest BCUT2D eigenvalue weighted by Crippen LogP contribution is 2.27. The Bertz CT molecular complexity index is 437. The highest BCUT2D eigenvalue weighted by atomic mass is 79.9. The van der Waals surface area contributed by atoms with Crippen molar-refractivity contribution < 1.29 is 0 Å². The largest absolute Gasteiger partial charge is 0.369 e. The minimum absolute atomic E-state index is 0.763. The van der Waals surface area contributed by atoms with Gasteiger partial charge in [-0.1, -0.05) is 15.9 Å². The van der Waals surface area contributed by atoms with Crippen molar-refractivity contribution in [3.05, 3.63) is 28.2 Å². The van der Waals surface area contributed by atoms with Gasteiger partial charge in [-0.25, -0.2) is 0 Å². The minimum Gasteiger partial charge on any atom is -0.369 e. The first-order valence-corrected chi connectivity index (χ1v) is 7.97. The van der Waals surface area contributed by atoms with E-state index in [0.717, 1.165) is 38.8 Å². The maximum absolute atomic E-state index is 3.63. The first-order valence-electron chi connectivity index (χ1n) is 7.18. The molecule has 1 saturated heterocycles. The average molecular weight is 324 g/mol. The zero-order chi connectivity index (χ0) is 13.2. The van der Waals surface area contributed by atoms with Gasteiger partial charge in [-0.15, -0.1) is 0 Å². The quantitative estimate of drug-likeness (QED) is 0.918. The molecule has 1 aliphatic heterocycles. The van der Waals surface area contributed by atoms with E-state index < -0.39 is 0 Å². The van der Waals surface area contributed by atoms with Crippen LogP contribution in [0.2, 0.25) is 0 Å². The van der Waals surface area contributed by atoms with Crippen molar-refractivity contribution in [2.75, 3.05) is 38.1 Å². The van der Waals surface area contributed by atoms with Gasteiger partial charge in [0.05, 0.1) is 0 Å². The summed E-state index contributed by atoms with van der Waals surface area (Å²) in [4.78, 5) is 4.92. The Morgan fingerprint density at radius 3 is 2.63 bits per heavy atom. The van der Waals surface area contributed by atoms with Crippen LogP contribution in [0.5, 0.6) is 0 Å². The van der Waals surface area contributed by atoms with Gasteiger partial charge in [0.2, 0.25) is 0 Å². The number of nitrogens with one attached hydrogen (secondary N) is 1. The Balaban J connectivity index is 1.74. The fourth-order valence-corrected chi connectivity index (χ4v) is 3.00. The van der Waals surface area contributed by atoms with Crippen LogP contribution in [0.1, 0.15) is 18.4 Å². The molecule has 3 nitrogen and oxygen atoms in total. The van der Waals surface area contributed by atoms with Gasteiger partial charge in [0.25, 0.3) is 0 Å². The zero-order valence-corrected chi connectivity index (χ0v) is 13.1. The Morgan fingerprint density at radius 2 is 1.95 bits per heavy atom. The Morgan fingerprint density at radius 1 is 1.21 bits per heavy atom.